The second-order valence-electron chi connectivity index (χ2n) is 7.78. The molecule has 0 fully saturated rings. The molecule has 3 aromatic rings. The van der Waals surface area contributed by atoms with Crippen molar-refractivity contribution in [2.45, 2.75) is 26.5 Å². The minimum atomic E-state index is -0.737. The van der Waals surface area contributed by atoms with Crippen LogP contribution in [0.5, 0.6) is 5.75 Å². The second kappa shape index (κ2) is 11.8. The van der Waals surface area contributed by atoms with E-state index in [4.69, 9.17) is 16.3 Å². The average molecular weight is 464 g/mol. The zero-order chi connectivity index (χ0) is 23.6. The maximum Gasteiger partial charge on any atom is 0.262 e. The summed E-state index contributed by atoms with van der Waals surface area (Å²) in [6.45, 7) is 4.19. The Hall–Kier alpha value is -3.64. The molecule has 0 aliphatic heterocycles. The van der Waals surface area contributed by atoms with Gasteiger partial charge in [-0.05, 0) is 65.6 Å². The molecule has 0 bridgehead atoms. The van der Waals surface area contributed by atoms with Crippen LogP contribution in [0.4, 0.5) is 0 Å². The first kappa shape index (κ1) is 24.0. The molecule has 0 saturated heterocycles. The first-order valence-electron chi connectivity index (χ1n) is 10.6. The summed E-state index contributed by atoms with van der Waals surface area (Å²) in [5, 5.41) is 7.31. The van der Waals surface area contributed by atoms with E-state index in [2.05, 4.69) is 15.8 Å². The molecule has 0 spiro atoms. The highest BCUT2D eigenvalue weighted by molar-refractivity contribution is 6.30. The van der Waals surface area contributed by atoms with Crippen LogP contribution in [-0.4, -0.2) is 24.1 Å². The predicted octanol–water partition coefficient (Wildman–Crippen LogP) is 4.82. The van der Waals surface area contributed by atoms with Gasteiger partial charge in [-0.25, -0.2) is 5.43 Å². The minimum absolute atomic E-state index is 0.127. The number of ether oxygens (including phenoxy) is 1. The topological polar surface area (TPSA) is 79.8 Å². The third-order valence-electron chi connectivity index (χ3n) is 4.86. The molecule has 7 heteroatoms. The van der Waals surface area contributed by atoms with Crippen molar-refractivity contribution < 1.29 is 14.3 Å². The highest BCUT2D eigenvalue weighted by Gasteiger charge is 2.24. The van der Waals surface area contributed by atoms with Crippen LogP contribution in [0.15, 0.2) is 84.0 Å². The van der Waals surface area contributed by atoms with Crippen molar-refractivity contribution >= 4 is 29.6 Å². The van der Waals surface area contributed by atoms with Gasteiger partial charge in [0.25, 0.3) is 11.8 Å². The molecule has 1 atom stereocenters. The number of nitrogens with one attached hydrogen (secondary N) is 2. The van der Waals surface area contributed by atoms with Crippen molar-refractivity contribution in [3.05, 3.63) is 101 Å². The molecule has 3 rings (SSSR count). The fourth-order valence-corrected chi connectivity index (χ4v) is 3.12. The van der Waals surface area contributed by atoms with Crippen molar-refractivity contribution in [3.8, 4) is 5.75 Å². The quantitative estimate of drug-likeness (QED) is 0.352. The normalized spacial score (nSPS) is 11.9. The summed E-state index contributed by atoms with van der Waals surface area (Å²) in [6.07, 6.45) is 1.54. The molecular weight excluding hydrogens is 438 g/mol. The molecule has 0 aromatic heterocycles. The molecule has 6 nitrogen and oxygen atoms in total. The van der Waals surface area contributed by atoms with E-state index in [1.54, 1.807) is 24.3 Å². The predicted molar refractivity (Wildman–Crippen MR) is 130 cm³/mol. The van der Waals surface area contributed by atoms with Gasteiger partial charge in [0, 0.05) is 10.6 Å². The smallest absolute Gasteiger partial charge is 0.262 e. The van der Waals surface area contributed by atoms with E-state index in [0.717, 1.165) is 16.9 Å². The Labute approximate surface area is 198 Å². The Bertz CT molecular complexity index is 1080. The summed E-state index contributed by atoms with van der Waals surface area (Å²) >= 11 is 5.86. The van der Waals surface area contributed by atoms with E-state index in [1.807, 2.05) is 68.4 Å². The summed E-state index contributed by atoms with van der Waals surface area (Å²) in [4.78, 5) is 25.1. The second-order valence-corrected chi connectivity index (χ2v) is 8.22. The molecule has 0 aliphatic rings. The summed E-state index contributed by atoms with van der Waals surface area (Å²) < 4.78 is 5.77. The summed E-state index contributed by atoms with van der Waals surface area (Å²) in [5.41, 5.74) is 4.82. The molecule has 0 aliphatic carbocycles. The number of hydrogen-bond acceptors (Lipinski definition) is 4. The lowest BCUT2D eigenvalue weighted by Gasteiger charge is -2.20. The molecule has 2 N–H and O–H groups in total. The van der Waals surface area contributed by atoms with Gasteiger partial charge in [-0.2, -0.15) is 5.10 Å². The van der Waals surface area contributed by atoms with Gasteiger partial charge in [-0.15, -0.1) is 0 Å². The van der Waals surface area contributed by atoms with Crippen LogP contribution in [0.2, 0.25) is 5.02 Å². The molecule has 1 unspecified atom stereocenters. The van der Waals surface area contributed by atoms with Crippen LogP contribution in [0.1, 0.15) is 35.3 Å². The number of benzene rings is 3. The van der Waals surface area contributed by atoms with Crippen LogP contribution in [0.25, 0.3) is 0 Å². The number of amides is 2. The number of carbonyl (C=O) groups is 2. The Kier molecular flexibility index (Phi) is 8.61. The number of hydrazone groups is 1. The number of hydrogen-bond donors (Lipinski definition) is 2. The van der Waals surface area contributed by atoms with Crippen molar-refractivity contribution in [1.82, 2.24) is 10.7 Å². The highest BCUT2D eigenvalue weighted by atomic mass is 35.5. The summed E-state index contributed by atoms with van der Waals surface area (Å²) in [5.74, 6) is -0.135. The number of carbonyl (C=O) groups excluding carboxylic acids is 2. The van der Waals surface area contributed by atoms with E-state index in [-0.39, 0.29) is 11.8 Å². The fraction of sp³-hybridized carbons (Fsp3) is 0.192. The number of halogens is 1. The molecule has 0 heterocycles. The summed E-state index contributed by atoms with van der Waals surface area (Å²) in [7, 11) is 0. The van der Waals surface area contributed by atoms with E-state index < -0.39 is 11.9 Å². The van der Waals surface area contributed by atoms with E-state index in [9.17, 15) is 9.59 Å². The van der Waals surface area contributed by atoms with Crippen molar-refractivity contribution in [3.63, 3.8) is 0 Å². The Morgan fingerprint density at radius 3 is 2.27 bits per heavy atom. The van der Waals surface area contributed by atoms with Crippen LogP contribution >= 0.6 is 11.6 Å². The Balaban J connectivity index is 1.52. The van der Waals surface area contributed by atoms with Gasteiger partial charge < -0.3 is 10.1 Å². The molecule has 33 heavy (non-hydrogen) atoms. The summed E-state index contributed by atoms with van der Waals surface area (Å²) in [6, 6.07) is 23.0. The van der Waals surface area contributed by atoms with Gasteiger partial charge >= 0.3 is 0 Å². The zero-order valence-corrected chi connectivity index (χ0v) is 19.3. The molecule has 170 valence electrons. The van der Waals surface area contributed by atoms with Gasteiger partial charge in [-0.1, -0.05) is 55.8 Å². The molecular formula is C26H26ClN3O3. The van der Waals surface area contributed by atoms with Gasteiger partial charge in [0.05, 0.1) is 6.21 Å². The Morgan fingerprint density at radius 2 is 1.64 bits per heavy atom. The standard InChI is InChI=1S/C26H26ClN3O3/c1-18(2)24(29-25(31)21-10-12-22(27)13-11-21)26(32)30-28-16-19-8-14-23(15-9-19)33-17-20-6-4-3-5-7-20/h3-16,18,24H,17H2,1-2H3,(H,29,31)(H,30,32)/b28-16+. The average Bonchev–Trinajstić information content (AvgIpc) is 2.82. The lowest BCUT2D eigenvalue weighted by Crippen LogP contribution is -2.48. The van der Waals surface area contributed by atoms with Crippen LogP contribution < -0.4 is 15.5 Å². The fourth-order valence-electron chi connectivity index (χ4n) is 2.99. The van der Waals surface area contributed by atoms with E-state index in [1.165, 1.54) is 6.21 Å². The van der Waals surface area contributed by atoms with E-state index >= 15 is 0 Å². The first-order chi connectivity index (χ1) is 15.9. The Morgan fingerprint density at radius 1 is 0.970 bits per heavy atom. The lowest BCUT2D eigenvalue weighted by atomic mass is 10.0. The SMILES string of the molecule is CC(C)C(NC(=O)c1ccc(Cl)cc1)C(=O)N/N=C/c1ccc(OCc2ccccc2)cc1. The largest absolute Gasteiger partial charge is 0.489 e. The van der Waals surface area contributed by atoms with Gasteiger partial charge in [0.2, 0.25) is 0 Å². The number of rotatable bonds is 9. The molecule has 2 amide bonds. The minimum Gasteiger partial charge on any atom is -0.489 e. The molecule has 0 saturated carbocycles. The first-order valence-corrected chi connectivity index (χ1v) is 11.0. The van der Waals surface area contributed by atoms with Gasteiger partial charge in [0.1, 0.15) is 18.4 Å². The van der Waals surface area contributed by atoms with Crippen molar-refractivity contribution in [2.75, 3.05) is 0 Å². The third-order valence-corrected chi connectivity index (χ3v) is 5.11. The van der Waals surface area contributed by atoms with Crippen LogP contribution in [0, 0.1) is 5.92 Å². The van der Waals surface area contributed by atoms with Crippen LogP contribution in [-0.2, 0) is 11.4 Å². The maximum absolute atomic E-state index is 12.6. The monoisotopic (exact) mass is 463 g/mol. The van der Waals surface area contributed by atoms with Gasteiger partial charge in [0.15, 0.2) is 0 Å². The molecule has 0 radical (unpaired) electrons. The van der Waals surface area contributed by atoms with Crippen LogP contribution in [0.3, 0.4) is 0 Å². The van der Waals surface area contributed by atoms with Crippen molar-refractivity contribution in [2.24, 2.45) is 11.0 Å². The third kappa shape index (κ3) is 7.47. The maximum atomic E-state index is 12.6. The van der Waals surface area contributed by atoms with E-state index in [0.29, 0.717) is 17.2 Å². The van der Waals surface area contributed by atoms with Gasteiger partial charge in [-0.3, -0.25) is 9.59 Å². The van der Waals surface area contributed by atoms with Crippen molar-refractivity contribution in [1.29, 1.82) is 0 Å². The number of nitrogens with zero attached hydrogens (tertiary/aromatic N) is 1. The lowest BCUT2D eigenvalue weighted by molar-refractivity contribution is -0.123. The zero-order valence-electron chi connectivity index (χ0n) is 18.5. The molecule has 3 aromatic carbocycles. The highest BCUT2D eigenvalue weighted by Crippen LogP contribution is 2.14.